The molecule has 4 rings (SSSR count). The predicted octanol–water partition coefficient (Wildman–Crippen LogP) is 1.24. The lowest BCUT2D eigenvalue weighted by atomic mass is 9.96. The van der Waals surface area contributed by atoms with Crippen molar-refractivity contribution in [2.75, 3.05) is 26.2 Å². The minimum Gasteiger partial charge on any atom is -0.469 e. The monoisotopic (exact) mass is 361 g/mol. The molecule has 1 aromatic rings. The van der Waals surface area contributed by atoms with E-state index in [9.17, 15) is 9.59 Å². The zero-order valence-corrected chi connectivity index (χ0v) is 14.8. The van der Waals surface area contributed by atoms with Gasteiger partial charge in [-0.25, -0.2) is 0 Å². The maximum atomic E-state index is 12.6. The van der Waals surface area contributed by atoms with Gasteiger partial charge in [0.1, 0.15) is 11.5 Å². The highest BCUT2D eigenvalue weighted by Crippen LogP contribution is 2.34. The Hall–Kier alpha value is -2.35. The molecule has 26 heavy (non-hydrogen) atoms. The summed E-state index contributed by atoms with van der Waals surface area (Å²) < 4.78 is 10.7. The average molecular weight is 361 g/mol. The van der Waals surface area contributed by atoms with E-state index in [1.165, 1.54) is 6.26 Å². The summed E-state index contributed by atoms with van der Waals surface area (Å²) in [5, 5.41) is 6.87. The van der Waals surface area contributed by atoms with Gasteiger partial charge in [-0.15, -0.1) is 0 Å². The van der Waals surface area contributed by atoms with Crippen molar-refractivity contribution >= 4 is 17.5 Å². The van der Waals surface area contributed by atoms with Crippen molar-refractivity contribution in [1.82, 2.24) is 10.2 Å². The highest BCUT2D eigenvalue weighted by molar-refractivity contribution is 6.39. The molecule has 3 aliphatic heterocycles. The number of nitrogens with zero attached hydrogens (tertiary/aromatic N) is 2. The number of aryl methyl sites for hydroxylation is 1. The quantitative estimate of drug-likeness (QED) is 0.871. The van der Waals surface area contributed by atoms with Gasteiger partial charge in [0.25, 0.3) is 11.8 Å². The SMILES string of the molecule is Cc1occc1C(=O)N1CC[C@@]2(CC(C(=O)NC[C@@H]3CCCO3)=NO2)C1. The molecule has 140 valence electrons. The molecular formula is C18H23N3O5. The summed E-state index contributed by atoms with van der Waals surface area (Å²) in [7, 11) is 0. The van der Waals surface area contributed by atoms with E-state index < -0.39 is 5.60 Å². The van der Waals surface area contributed by atoms with E-state index in [1.807, 2.05) is 0 Å². The molecule has 1 N–H and O–H groups in total. The lowest BCUT2D eigenvalue weighted by Crippen LogP contribution is -2.40. The summed E-state index contributed by atoms with van der Waals surface area (Å²) in [6.45, 7) is 4.01. The van der Waals surface area contributed by atoms with E-state index in [0.29, 0.717) is 49.5 Å². The van der Waals surface area contributed by atoms with Crippen LogP contribution in [0.15, 0.2) is 21.9 Å². The normalized spacial score (nSPS) is 27.7. The number of carbonyl (C=O) groups excluding carboxylic acids is 2. The number of likely N-dealkylation sites (tertiary alicyclic amines) is 1. The van der Waals surface area contributed by atoms with Crippen LogP contribution in [0, 0.1) is 6.92 Å². The van der Waals surface area contributed by atoms with Gasteiger partial charge in [-0.2, -0.15) is 0 Å². The largest absolute Gasteiger partial charge is 0.469 e. The van der Waals surface area contributed by atoms with E-state index >= 15 is 0 Å². The van der Waals surface area contributed by atoms with Gasteiger partial charge in [-0.1, -0.05) is 5.16 Å². The van der Waals surface area contributed by atoms with Gasteiger partial charge in [0.15, 0.2) is 5.60 Å². The molecule has 0 unspecified atom stereocenters. The number of amides is 2. The standard InChI is InChI=1S/C18H23N3O5/c1-12-14(4-8-24-12)17(23)21-6-5-18(11-21)9-15(20-26-18)16(22)19-10-13-3-2-7-25-13/h4,8,13H,2-3,5-7,9-11H2,1H3,(H,19,22)/t13-,18+/m0/s1. The Balaban J connectivity index is 1.32. The van der Waals surface area contributed by atoms with E-state index in [4.69, 9.17) is 14.0 Å². The molecule has 2 amide bonds. The molecular weight excluding hydrogens is 338 g/mol. The molecule has 1 spiro atoms. The molecule has 8 nitrogen and oxygen atoms in total. The van der Waals surface area contributed by atoms with Crippen LogP contribution in [0.1, 0.15) is 41.8 Å². The number of carbonyl (C=O) groups is 2. The van der Waals surface area contributed by atoms with E-state index in [2.05, 4.69) is 10.5 Å². The first-order valence-electron chi connectivity index (χ1n) is 9.05. The fraction of sp³-hybridized carbons (Fsp3) is 0.611. The highest BCUT2D eigenvalue weighted by atomic mass is 16.7. The van der Waals surface area contributed by atoms with Crippen LogP contribution in [-0.2, 0) is 14.4 Å². The van der Waals surface area contributed by atoms with Gasteiger partial charge in [-0.3, -0.25) is 9.59 Å². The molecule has 1 aromatic heterocycles. The second-order valence-electron chi connectivity index (χ2n) is 7.20. The fourth-order valence-corrected chi connectivity index (χ4v) is 3.77. The molecule has 0 bridgehead atoms. The minimum absolute atomic E-state index is 0.0759. The second kappa shape index (κ2) is 6.75. The number of hydrogen-bond acceptors (Lipinski definition) is 6. The Kier molecular flexibility index (Phi) is 4.44. The van der Waals surface area contributed by atoms with Crippen LogP contribution in [0.2, 0.25) is 0 Å². The van der Waals surface area contributed by atoms with Crippen LogP contribution in [0.5, 0.6) is 0 Å². The minimum atomic E-state index is -0.593. The summed E-state index contributed by atoms with van der Waals surface area (Å²) in [6.07, 6.45) is 4.68. The lowest BCUT2D eigenvalue weighted by Gasteiger charge is -2.21. The predicted molar refractivity (Wildman–Crippen MR) is 91.8 cm³/mol. The lowest BCUT2D eigenvalue weighted by molar-refractivity contribution is -0.115. The number of rotatable bonds is 4. The topological polar surface area (TPSA) is 93.4 Å². The number of oxime groups is 1. The summed E-state index contributed by atoms with van der Waals surface area (Å²) in [5.41, 5.74) is 0.358. The summed E-state index contributed by atoms with van der Waals surface area (Å²) in [4.78, 5) is 32.3. The number of nitrogens with one attached hydrogen (secondary N) is 1. The second-order valence-corrected chi connectivity index (χ2v) is 7.20. The first-order chi connectivity index (χ1) is 12.6. The number of furan rings is 1. The Bertz CT molecular complexity index is 737. The number of ether oxygens (including phenoxy) is 1. The zero-order valence-electron chi connectivity index (χ0n) is 14.8. The van der Waals surface area contributed by atoms with Crippen molar-refractivity contribution in [3.05, 3.63) is 23.7 Å². The molecule has 8 heteroatoms. The van der Waals surface area contributed by atoms with Gasteiger partial charge in [0, 0.05) is 32.5 Å². The van der Waals surface area contributed by atoms with Gasteiger partial charge in [-0.05, 0) is 25.8 Å². The molecule has 4 heterocycles. The van der Waals surface area contributed by atoms with Gasteiger partial charge in [0.05, 0.1) is 24.5 Å². The number of hydrogen-bond donors (Lipinski definition) is 1. The molecule has 2 saturated heterocycles. The Labute approximate surface area is 151 Å². The average Bonchev–Trinajstić information content (AvgIpc) is 3.42. The first kappa shape index (κ1) is 17.1. The van der Waals surface area contributed by atoms with Gasteiger partial charge in [0.2, 0.25) is 0 Å². The molecule has 0 aromatic carbocycles. The molecule has 0 saturated carbocycles. The van der Waals surface area contributed by atoms with Crippen LogP contribution < -0.4 is 5.32 Å². The third kappa shape index (κ3) is 3.21. The van der Waals surface area contributed by atoms with Crippen molar-refractivity contribution in [1.29, 1.82) is 0 Å². The third-order valence-electron chi connectivity index (χ3n) is 5.31. The summed E-state index contributed by atoms with van der Waals surface area (Å²) in [6, 6.07) is 1.68. The molecule has 0 radical (unpaired) electrons. The highest BCUT2D eigenvalue weighted by Gasteiger charge is 2.48. The van der Waals surface area contributed by atoms with Crippen LogP contribution in [-0.4, -0.2) is 60.4 Å². The maximum absolute atomic E-state index is 12.6. The van der Waals surface area contributed by atoms with Crippen LogP contribution in [0.3, 0.4) is 0 Å². The van der Waals surface area contributed by atoms with Crippen molar-refractivity contribution in [3.8, 4) is 0 Å². The fourth-order valence-electron chi connectivity index (χ4n) is 3.77. The Morgan fingerprint density at radius 1 is 1.46 bits per heavy atom. The van der Waals surface area contributed by atoms with E-state index in [1.54, 1.807) is 17.9 Å². The first-order valence-corrected chi connectivity index (χ1v) is 9.05. The van der Waals surface area contributed by atoms with E-state index in [0.717, 1.165) is 19.4 Å². The van der Waals surface area contributed by atoms with Crippen molar-refractivity contribution in [2.45, 2.75) is 44.3 Å². The van der Waals surface area contributed by atoms with Crippen LogP contribution in [0.25, 0.3) is 0 Å². The van der Waals surface area contributed by atoms with Crippen LogP contribution >= 0.6 is 0 Å². The Morgan fingerprint density at radius 3 is 3.08 bits per heavy atom. The maximum Gasteiger partial charge on any atom is 0.269 e. The van der Waals surface area contributed by atoms with Gasteiger partial charge < -0.3 is 24.2 Å². The van der Waals surface area contributed by atoms with Crippen LogP contribution in [0.4, 0.5) is 0 Å². The summed E-state index contributed by atoms with van der Waals surface area (Å²) in [5.74, 6) is 0.314. The van der Waals surface area contributed by atoms with E-state index in [-0.39, 0.29) is 17.9 Å². The van der Waals surface area contributed by atoms with Gasteiger partial charge >= 0.3 is 0 Å². The van der Waals surface area contributed by atoms with Crippen molar-refractivity contribution < 1.29 is 23.6 Å². The molecule has 3 aliphatic rings. The Morgan fingerprint density at radius 2 is 2.35 bits per heavy atom. The van der Waals surface area contributed by atoms with Crippen molar-refractivity contribution in [3.63, 3.8) is 0 Å². The zero-order chi connectivity index (χ0) is 18.1. The molecule has 2 atom stereocenters. The van der Waals surface area contributed by atoms with Crippen molar-refractivity contribution in [2.24, 2.45) is 5.16 Å². The third-order valence-corrected chi connectivity index (χ3v) is 5.31. The smallest absolute Gasteiger partial charge is 0.269 e. The summed E-state index contributed by atoms with van der Waals surface area (Å²) >= 11 is 0. The molecule has 2 fully saturated rings. The molecule has 0 aliphatic carbocycles.